The number of sulfonamides is 1. The van der Waals surface area contributed by atoms with Crippen LogP contribution in [0.4, 0.5) is 17.2 Å². The third-order valence-corrected chi connectivity index (χ3v) is 16.4. The maximum atomic E-state index is 14.1. The van der Waals surface area contributed by atoms with Crippen molar-refractivity contribution in [3.8, 4) is 11.5 Å². The lowest BCUT2D eigenvalue weighted by Gasteiger charge is -2.57. The first kappa shape index (κ1) is 44.2. The van der Waals surface area contributed by atoms with Gasteiger partial charge in [-0.15, -0.1) is 0 Å². The van der Waals surface area contributed by atoms with E-state index in [0.717, 1.165) is 88.5 Å². The predicted octanol–water partition coefficient (Wildman–Crippen LogP) is 8.14. The number of rotatable bonds is 13. The lowest BCUT2D eigenvalue weighted by Crippen LogP contribution is -2.58. The Labute approximate surface area is 384 Å². The van der Waals surface area contributed by atoms with Crippen molar-refractivity contribution in [2.24, 2.45) is 11.3 Å². The fourth-order valence-corrected chi connectivity index (χ4v) is 12.1. The topological polar surface area (TPSA) is 205 Å². The minimum atomic E-state index is -4.66. The van der Waals surface area contributed by atoms with Gasteiger partial charge in [0.1, 0.15) is 22.0 Å². The summed E-state index contributed by atoms with van der Waals surface area (Å²) in [6, 6.07) is 19.5. The van der Waals surface area contributed by atoms with Crippen LogP contribution in [-0.2, 0) is 14.8 Å². The number of aromatic amines is 1. The SMILES string of the molecule is Cc1nc(NC[C@H]2CC[C@](C)(O)CC2)c([N+](=O)[O-])cc1S(=O)(=O)NC(=O)c1ccc(N2CCC3(CC2)CC(N2CCOC[C@@H]2c2ccccc2C2CC2)C3)cc1Oc1cnc2[nH]ccc2c1. The molecule has 1 spiro atoms. The molecular formula is C49H58N8O8S. The Morgan fingerprint density at radius 3 is 2.52 bits per heavy atom. The largest absolute Gasteiger partial charge is 0.455 e. The van der Waals surface area contributed by atoms with Gasteiger partial charge in [0, 0.05) is 61.6 Å². The molecule has 3 aliphatic carbocycles. The zero-order valence-electron chi connectivity index (χ0n) is 37.5. The van der Waals surface area contributed by atoms with E-state index in [9.17, 15) is 28.4 Å². The fraction of sp³-hybridized carbons (Fsp3) is 0.490. The highest BCUT2D eigenvalue weighted by Crippen LogP contribution is 2.54. The molecule has 10 rings (SSSR count). The number of benzene rings is 2. The van der Waals surface area contributed by atoms with Crippen molar-refractivity contribution in [2.75, 3.05) is 49.6 Å². The number of hydrogen-bond donors (Lipinski definition) is 4. The molecule has 4 N–H and O–H groups in total. The molecule has 0 unspecified atom stereocenters. The standard InChI is InChI=1S/C49H58N8O8S/c1-31-44(25-41(57(60)61)46(53-31)51-28-32-11-14-48(2,59)15-12-32)66(62,63)54-47(58)40-10-9-35(24-43(40)65-37-23-34-13-18-50-45(34)52-29-37)55-19-16-49(17-20-55)26-36(27-49)56-21-22-64-30-42(56)39-6-4-3-5-38(39)33-7-8-33/h3-6,9-10,13,18,23-25,29,32-33,36,42,59H,7-8,11-12,14-17,19-22,26-28,30H2,1-2H3,(H,50,52)(H,51,53)(H,54,58)/t32-,42-,48-/m1/s1. The molecule has 66 heavy (non-hydrogen) atoms. The maximum Gasteiger partial charge on any atom is 0.312 e. The number of piperidine rings is 1. The van der Waals surface area contributed by atoms with Gasteiger partial charge >= 0.3 is 5.69 Å². The van der Waals surface area contributed by atoms with E-state index in [4.69, 9.17) is 9.47 Å². The summed E-state index contributed by atoms with van der Waals surface area (Å²) in [5.41, 5.74) is 3.39. The summed E-state index contributed by atoms with van der Waals surface area (Å²) in [6.07, 6.45) is 12.9. The van der Waals surface area contributed by atoms with Gasteiger partial charge in [0.25, 0.3) is 15.9 Å². The first-order valence-electron chi connectivity index (χ1n) is 23.3. The molecule has 17 heteroatoms. The van der Waals surface area contributed by atoms with Gasteiger partial charge in [-0.1, -0.05) is 24.3 Å². The highest BCUT2D eigenvalue weighted by molar-refractivity contribution is 7.90. The zero-order valence-corrected chi connectivity index (χ0v) is 38.3. The van der Waals surface area contributed by atoms with Crippen LogP contribution in [0.3, 0.4) is 0 Å². The Balaban J connectivity index is 0.846. The Morgan fingerprint density at radius 1 is 1.02 bits per heavy atom. The number of aryl methyl sites for hydroxylation is 1. The van der Waals surface area contributed by atoms with Crippen LogP contribution in [0.15, 0.2) is 78.0 Å². The van der Waals surface area contributed by atoms with Crippen LogP contribution >= 0.6 is 0 Å². The Bertz CT molecular complexity index is 2750. The van der Waals surface area contributed by atoms with Gasteiger partial charge in [-0.05, 0) is 131 Å². The lowest BCUT2D eigenvalue weighted by molar-refractivity contribution is -0.384. The van der Waals surface area contributed by atoms with E-state index in [1.165, 1.54) is 37.1 Å². The molecule has 3 aromatic heterocycles. The molecule has 16 nitrogen and oxygen atoms in total. The number of H-pyrrole nitrogens is 1. The van der Waals surface area contributed by atoms with Crippen LogP contribution in [0.1, 0.15) is 110 Å². The van der Waals surface area contributed by atoms with Gasteiger partial charge in [0.15, 0.2) is 0 Å². The number of ether oxygens (including phenoxy) is 2. The highest BCUT2D eigenvalue weighted by Gasteiger charge is 2.50. The monoisotopic (exact) mass is 918 g/mol. The molecule has 5 heterocycles. The Kier molecular flexibility index (Phi) is 11.8. The van der Waals surface area contributed by atoms with E-state index in [1.807, 2.05) is 12.1 Å². The number of pyridine rings is 2. The third-order valence-electron chi connectivity index (χ3n) is 15.0. The number of fused-ring (bicyclic) bond motifs is 1. The first-order valence-corrected chi connectivity index (χ1v) is 24.8. The van der Waals surface area contributed by atoms with Crippen molar-refractivity contribution in [3.63, 3.8) is 0 Å². The van der Waals surface area contributed by atoms with Crippen molar-refractivity contribution in [2.45, 2.75) is 107 Å². The van der Waals surface area contributed by atoms with Crippen molar-refractivity contribution < 1.29 is 32.7 Å². The van der Waals surface area contributed by atoms with E-state index in [2.05, 4.69) is 59.1 Å². The van der Waals surface area contributed by atoms with Crippen LogP contribution in [-0.4, -0.2) is 95.2 Å². The molecule has 0 bridgehead atoms. The van der Waals surface area contributed by atoms with E-state index in [0.29, 0.717) is 42.7 Å². The van der Waals surface area contributed by atoms with Crippen molar-refractivity contribution in [1.29, 1.82) is 0 Å². The summed E-state index contributed by atoms with van der Waals surface area (Å²) in [4.78, 5) is 42.0. The van der Waals surface area contributed by atoms with Crippen molar-refractivity contribution in [1.82, 2.24) is 24.6 Å². The quantitative estimate of drug-likeness (QED) is 0.0651. The first-order chi connectivity index (χ1) is 31.7. The second-order valence-electron chi connectivity index (χ2n) is 19.6. The number of carbonyl (C=O) groups excluding carboxylic acids is 1. The van der Waals surface area contributed by atoms with Crippen LogP contribution in [0.5, 0.6) is 11.5 Å². The average Bonchev–Trinajstić information content (AvgIpc) is 4.04. The van der Waals surface area contributed by atoms with Gasteiger partial charge in [-0.3, -0.25) is 19.8 Å². The molecule has 1 atom stereocenters. The van der Waals surface area contributed by atoms with E-state index < -0.39 is 37.0 Å². The number of nitrogens with one attached hydrogen (secondary N) is 3. The Morgan fingerprint density at radius 2 is 1.77 bits per heavy atom. The highest BCUT2D eigenvalue weighted by atomic mass is 32.2. The van der Waals surface area contributed by atoms with E-state index >= 15 is 0 Å². The van der Waals surface area contributed by atoms with Gasteiger partial charge in [-0.2, -0.15) is 0 Å². The number of amides is 1. The Hall–Kier alpha value is -5.62. The van der Waals surface area contributed by atoms with Crippen LogP contribution < -0.4 is 19.7 Å². The van der Waals surface area contributed by atoms with Gasteiger partial charge in [-0.25, -0.2) is 23.1 Å². The smallest absolute Gasteiger partial charge is 0.312 e. The molecular weight excluding hydrogens is 861 g/mol. The molecule has 2 saturated heterocycles. The zero-order chi connectivity index (χ0) is 45.8. The average molecular weight is 919 g/mol. The van der Waals surface area contributed by atoms with Gasteiger partial charge in [0.2, 0.25) is 5.82 Å². The number of aromatic nitrogens is 3. The molecule has 2 aliphatic heterocycles. The molecule has 5 fully saturated rings. The summed E-state index contributed by atoms with van der Waals surface area (Å²) in [7, 11) is -4.66. The maximum absolute atomic E-state index is 14.1. The lowest BCUT2D eigenvalue weighted by atomic mass is 9.59. The molecule has 348 valence electrons. The number of hydrogen-bond acceptors (Lipinski definition) is 13. The van der Waals surface area contributed by atoms with Crippen LogP contribution in [0, 0.1) is 28.4 Å². The fourth-order valence-electron chi connectivity index (χ4n) is 10.9. The van der Waals surface area contributed by atoms with Crippen molar-refractivity contribution >= 4 is 44.2 Å². The van der Waals surface area contributed by atoms with Crippen molar-refractivity contribution in [3.05, 3.63) is 106 Å². The molecule has 1 amide bonds. The second kappa shape index (κ2) is 17.6. The predicted molar refractivity (Wildman–Crippen MR) is 250 cm³/mol. The van der Waals surface area contributed by atoms with Crippen LogP contribution in [0.25, 0.3) is 11.0 Å². The number of nitro groups is 1. The number of aliphatic hydroxyl groups is 1. The molecule has 0 radical (unpaired) electrons. The summed E-state index contributed by atoms with van der Waals surface area (Å²) in [6.45, 7) is 7.69. The molecule has 2 aromatic carbocycles. The summed E-state index contributed by atoms with van der Waals surface area (Å²) in [5.74, 6) is 0.305. The summed E-state index contributed by atoms with van der Waals surface area (Å²) >= 11 is 0. The summed E-state index contributed by atoms with van der Waals surface area (Å²) in [5, 5.41) is 26.4. The minimum Gasteiger partial charge on any atom is -0.455 e. The van der Waals surface area contributed by atoms with Gasteiger partial charge in [0.05, 0.1) is 47.2 Å². The minimum absolute atomic E-state index is 0.0167. The van der Waals surface area contributed by atoms with E-state index in [-0.39, 0.29) is 40.2 Å². The van der Waals surface area contributed by atoms with Crippen LogP contribution in [0.2, 0.25) is 0 Å². The molecule has 3 saturated carbocycles. The second-order valence-corrected chi connectivity index (χ2v) is 21.3. The molecule has 5 aliphatic rings. The summed E-state index contributed by atoms with van der Waals surface area (Å²) < 4.78 is 42.4. The van der Waals surface area contributed by atoms with Gasteiger partial charge < -0.3 is 29.8 Å². The molecule has 5 aromatic rings. The number of nitrogens with zero attached hydrogens (tertiary/aromatic N) is 5. The third kappa shape index (κ3) is 9.09. The number of morpholine rings is 1. The number of anilines is 2. The van der Waals surface area contributed by atoms with E-state index in [1.54, 1.807) is 31.3 Å². The normalized spacial score (nSPS) is 23.7. The number of carbonyl (C=O) groups is 1.